The lowest BCUT2D eigenvalue weighted by atomic mass is 10.1. The van der Waals surface area contributed by atoms with Crippen LogP contribution in [0.2, 0.25) is 0 Å². The van der Waals surface area contributed by atoms with E-state index in [1.165, 1.54) is 0 Å². The molecule has 0 aliphatic carbocycles. The zero-order valence-electron chi connectivity index (χ0n) is 10.6. The second-order valence-electron chi connectivity index (χ2n) is 3.72. The van der Waals surface area contributed by atoms with E-state index in [0.717, 1.165) is 12.1 Å². The molecule has 0 bridgehead atoms. The van der Waals surface area contributed by atoms with E-state index in [4.69, 9.17) is 9.47 Å². The van der Waals surface area contributed by atoms with E-state index in [0.29, 0.717) is 11.5 Å². The summed E-state index contributed by atoms with van der Waals surface area (Å²) in [4.78, 5) is 0. The van der Waals surface area contributed by atoms with E-state index in [1.807, 2.05) is 26.0 Å². The van der Waals surface area contributed by atoms with Gasteiger partial charge in [0, 0.05) is 17.7 Å². The number of halogens is 1. The van der Waals surface area contributed by atoms with Gasteiger partial charge in [-0.3, -0.25) is 0 Å². The van der Waals surface area contributed by atoms with Crippen LogP contribution >= 0.6 is 0 Å². The molecule has 0 aliphatic heterocycles. The quantitative estimate of drug-likeness (QED) is 0.796. The largest absolute Gasteiger partial charge is 0.497 e. The van der Waals surface area contributed by atoms with Gasteiger partial charge in [-0.1, -0.05) is 13.0 Å². The van der Waals surface area contributed by atoms with Crippen LogP contribution < -0.4 is 14.8 Å². The van der Waals surface area contributed by atoms with Crippen molar-refractivity contribution in [2.75, 3.05) is 26.9 Å². The van der Waals surface area contributed by atoms with E-state index in [-0.39, 0.29) is 12.6 Å². The van der Waals surface area contributed by atoms with Gasteiger partial charge in [-0.2, -0.15) is 0 Å². The standard InChI is InChI=1S/C13H20FNO2/c1-4-15-10(2)12-6-5-11(16-3)9-13(12)17-8-7-14/h5-6,9-10,15H,4,7-8H2,1-3H3. The van der Waals surface area contributed by atoms with Crippen molar-refractivity contribution in [1.82, 2.24) is 5.32 Å². The van der Waals surface area contributed by atoms with Gasteiger partial charge >= 0.3 is 0 Å². The molecule has 0 amide bonds. The molecule has 1 N–H and O–H groups in total. The van der Waals surface area contributed by atoms with Crippen molar-refractivity contribution in [2.45, 2.75) is 19.9 Å². The van der Waals surface area contributed by atoms with Crippen LogP contribution in [-0.4, -0.2) is 26.9 Å². The lowest BCUT2D eigenvalue weighted by Gasteiger charge is -2.18. The van der Waals surface area contributed by atoms with Crippen LogP contribution in [0.1, 0.15) is 25.5 Å². The molecule has 1 aromatic carbocycles. The molecule has 0 aliphatic rings. The summed E-state index contributed by atoms with van der Waals surface area (Å²) in [6.45, 7) is 4.54. The molecule has 0 radical (unpaired) electrons. The monoisotopic (exact) mass is 241 g/mol. The average Bonchev–Trinajstić information content (AvgIpc) is 2.36. The normalized spacial score (nSPS) is 12.2. The lowest BCUT2D eigenvalue weighted by Crippen LogP contribution is -2.18. The third kappa shape index (κ3) is 3.89. The summed E-state index contributed by atoms with van der Waals surface area (Å²) >= 11 is 0. The highest BCUT2D eigenvalue weighted by atomic mass is 19.1. The molecular weight excluding hydrogens is 221 g/mol. The van der Waals surface area contributed by atoms with Gasteiger partial charge in [0.25, 0.3) is 0 Å². The van der Waals surface area contributed by atoms with Crippen LogP contribution in [0.3, 0.4) is 0 Å². The first kappa shape index (κ1) is 13.8. The van der Waals surface area contributed by atoms with Crippen molar-refractivity contribution in [3.05, 3.63) is 23.8 Å². The molecule has 0 fully saturated rings. The second kappa shape index (κ2) is 7.12. The number of nitrogens with one attached hydrogen (secondary N) is 1. The molecule has 0 aromatic heterocycles. The molecule has 1 atom stereocenters. The van der Waals surface area contributed by atoms with Gasteiger partial charge < -0.3 is 14.8 Å². The molecule has 0 saturated heterocycles. The fraction of sp³-hybridized carbons (Fsp3) is 0.538. The van der Waals surface area contributed by atoms with Crippen LogP contribution in [0, 0.1) is 0 Å². The van der Waals surface area contributed by atoms with E-state index in [2.05, 4.69) is 5.32 Å². The Hall–Kier alpha value is -1.29. The van der Waals surface area contributed by atoms with Crippen molar-refractivity contribution in [2.24, 2.45) is 0 Å². The Morgan fingerprint density at radius 2 is 2.18 bits per heavy atom. The molecule has 17 heavy (non-hydrogen) atoms. The number of alkyl halides is 1. The van der Waals surface area contributed by atoms with E-state index >= 15 is 0 Å². The van der Waals surface area contributed by atoms with Gasteiger partial charge in [0.1, 0.15) is 24.8 Å². The predicted molar refractivity (Wildman–Crippen MR) is 66.6 cm³/mol. The smallest absolute Gasteiger partial charge is 0.127 e. The molecule has 1 rings (SSSR count). The fourth-order valence-electron chi connectivity index (χ4n) is 1.69. The maximum Gasteiger partial charge on any atom is 0.127 e. The summed E-state index contributed by atoms with van der Waals surface area (Å²) < 4.78 is 22.7. The first-order chi connectivity index (χ1) is 8.22. The fourth-order valence-corrected chi connectivity index (χ4v) is 1.69. The first-order valence-electron chi connectivity index (χ1n) is 5.83. The Morgan fingerprint density at radius 3 is 2.76 bits per heavy atom. The lowest BCUT2D eigenvalue weighted by molar-refractivity contribution is 0.267. The Kier molecular flexibility index (Phi) is 5.77. The third-order valence-corrected chi connectivity index (χ3v) is 2.53. The zero-order valence-corrected chi connectivity index (χ0v) is 10.6. The molecule has 96 valence electrons. The minimum Gasteiger partial charge on any atom is -0.497 e. The Balaban J connectivity index is 2.92. The molecular formula is C13H20FNO2. The number of hydrogen-bond acceptors (Lipinski definition) is 3. The van der Waals surface area contributed by atoms with Crippen molar-refractivity contribution in [3.63, 3.8) is 0 Å². The van der Waals surface area contributed by atoms with Gasteiger partial charge in [-0.25, -0.2) is 4.39 Å². The Labute approximate surface area is 102 Å². The SMILES string of the molecule is CCNC(C)c1ccc(OC)cc1OCCF. The van der Waals surface area contributed by atoms with E-state index < -0.39 is 6.67 Å². The summed E-state index contributed by atoms with van der Waals surface area (Å²) in [5.41, 5.74) is 1.01. The van der Waals surface area contributed by atoms with Crippen LogP contribution in [0.5, 0.6) is 11.5 Å². The Bertz CT molecular complexity index is 344. The van der Waals surface area contributed by atoms with Crippen molar-refractivity contribution in [1.29, 1.82) is 0 Å². The topological polar surface area (TPSA) is 30.5 Å². The van der Waals surface area contributed by atoms with Crippen molar-refractivity contribution in [3.8, 4) is 11.5 Å². The Morgan fingerprint density at radius 1 is 1.41 bits per heavy atom. The van der Waals surface area contributed by atoms with Gasteiger partial charge in [-0.05, 0) is 19.5 Å². The van der Waals surface area contributed by atoms with Crippen LogP contribution in [0.15, 0.2) is 18.2 Å². The summed E-state index contributed by atoms with van der Waals surface area (Å²) in [6, 6.07) is 5.78. The highest BCUT2D eigenvalue weighted by molar-refractivity contribution is 5.42. The van der Waals surface area contributed by atoms with Crippen LogP contribution in [0.25, 0.3) is 0 Å². The summed E-state index contributed by atoms with van der Waals surface area (Å²) in [5, 5.41) is 3.30. The zero-order chi connectivity index (χ0) is 12.7. The van der Waals surface area contributed by atoms with Gasteiger partial charge in [0.2, 0.25) is 0 Å². The number of methoxy groups -OCH3 is 1. The summed E-state index contributed by atoms with van der Waals surface area (Å²) in [7, 11) is 1.60. The van der Waals surface area contributed by atoms with E-state index in [9.17, 15) is 4.39 Å². The van der Waals surface area contributed by atoms with Crippen LogP contribution in [0.4, 0.5) is 4.39 Å². The molecule has 0 saturated carbocycles. The first-order valence-corrected chi connectivity index (χ1v) is 5.83. The number of rotatable bonds is 7. The molecule has 4 heteroatoms. The number of ether oxygens (including phenoxy) is 2. The maximum atomic E-state index is 12.2. The molecule has 0 spiro atoms. The predicted octanol–water partition coefficient (Wildman–Crippen LogP) is 2.71. The molecule has 1 aromatic rings. The minimum absolute atomic E-state index is 0.0685. The van der Waals surface area contributed by atoms with Crippen LogP contribution in [-0.2, 0) is 0 Å². The molecule has 0 heterocycles. The van der Waals surface area contributed by atoms with Gasteiger partial charge in [0.15, 0.2) is 0 Å². The van der Waals surface area contributed by atoms with Gasteiger partial charge in [0.05, 0.1) is 7.11 Å². The molecule has 1 unspecified atom stereocenters. The van der Waals surface area contributed by atoms with Crippen molar-refractivity contribution < 1.29 is 13.9 Å². The van der Waals surface area contributed by atoms with Crippen molar-refractivity contribution >= 4 is 0 Å². The third-order valence-electron chi connectivity index (χ3n) is 2.53. The summed E-state index contributed by atoms with van der Waals surface area (Å²) in [5.74, 6) is 1.39. The molecule has 3 nitrogen and oxygen atoms in total. The van der Waals surface area contributed by atoms with E-state index in [1.54, 1.807) is 13.2 Å². The average molecular weight is 241 g/mol. The highest BCUT2D eigenvalue weighted by Gasteiger charge is 2.12. The maximum absolute atomic E-state index is 12.2. The highest BCUT2D eigenvalue weighted by Crippen LogP contribution is 2.29. The summed E-state index contributed by atoms with van der Waals surface area (Å²) in [6.07, 6.45) is 0. The number of benzene rings is 1. The minimum atomic E-state index is -0.494. The van der Waals surface area contributed by atoms with Gasteiger partial charge in [-0.15, -0.1) is 0 Å². The number of hydrogen-bond donors (Lipinski definition) is 1. The second-order valence-corrected chi connectivity index (χ2v) is 3.72.